The van der Waals surface area contributed by atoms with Crippen molar-refractivity contribution in [2.24, 2.45) is 0 Å². The van der Waals surface area contributed by atoms with Gasteiger partial charge in [0.25, 0.3) is 0 Å². The van der Waals surface area contributed by atoms with Gasteiger partial charge in [-0.3, -0.25) is 0 Å². The number of anilines is 3. The number of hydrogen-bond donors (Lipinski definition) is 0. The summed E-state index contributed by atoms with van der Waals surface area (Å²) in [4.78, 5) is 2.40. The highest BCUT2D eigenvalue weighted by Crippen LogP contribution is 2.51. The third-order valence-electron chi connectivity index (χ3n) is 9.75. The first-order valence-electron chi connectivity index (χ1n) is 15.7. The van der Waals surface area contributed by atoms with Crippen LogP contribution in [0.4, 0.5) is 17.1 Å². The Morgan fingerprint density at radius 3 is 1.98 bits per heavy atom. The summed E-state index contributed by atoms with van der Waals surface area (Å²) in [6.45, 7) is 4.68. The highest BCUT2D eigenvalue weighted by Gasteiger charge is 2.35. The predicted octanol–water partition coefficient (Wildman–Crippen LogP) is 11.7. The zero-order valence-electron chi connectivity index (χ0n) is 25.4. The minimum absolute atomic E-state index is 0.0274. The topological polar surface area (TPSA) is 8.17 Å². The summed E-state index contributed by atoms with van der Waals surface area (Å²) in [6, 6.07) is 57.6. The SMILES string of the molecule is CC1(C)c2ccccc2-c2cc(N(c3ccccc3)c3ccc4c5c6ccccc6ccc5n(-c5ccccc5)c4c3)ccc21. The molecule has 0 bridgehead atoms. The van der Waals surface area contributed by atoms with Crippen molar-refractivity contribution in [1.29, 1.82) is 0 Å². The fourth-order valence-corrected chi connectivity index (χ4v) is 7.64. The molecule has 0 aliphatic heterocycles. The van der Waals surface area contributed by atoms with Crippen molar-refractivity contribution in [3.63, 3.8) is 0 Å². The van der Waals surface area contributed by atoms with Crippen molar-refractivity contribution in [2.75, 3.05) is 4.90 Å². The van der Waals surface area contributed by atoms with E-state index in [2.05, 4.69) is 181 Å². The number of nitrogens with zero attached hydrogens (tertiary/aromatic N) is 2. The van der Waals surface area contributed by atoms with Gasteiger partial charge in [-0.2, -0.15) is 0 Å². The lowest BCUT2D eigenvalue weighted by Gasteiger charge is -2.27. The van der Waals surface area contributed by atoms with Crippen LogP contribution in [0.1, 0.15) is 25.0 Å². The predicted molar refractivity (Wildman–Crippen MR) is 191 cm³/mol. The number of aromatic nitrogens is 1. The fourth-order valence-electron chi connectivity index (χ4n) is 7.64. The molecule has 214 valence electrons. The molecule has 1 aliphatic carbocycles. The number of rotatable bonds is 4. The molecule has 0 saturated heterocycles. The Hall–Kier alpha value is -5.60. The van der Waals surface area contributed by atoms with Crippen LogP contribution in [0.25, 0.3) is 49.4 Å². The Labute approximate surface area is 263 Å². The van der Waals surface area contributed by atoms with E-state index in [4.69, 9.17) is 0 Å². The van der Waals surface area contributed by atoms with Crippen LogP contribution in [-0.2, 0) is 5.41 Å². The number of hydrogen-bond acceptors (Lipinski definition) is 1. The molecular weight excluding hydrogens is 544 g/mol. The summed E-state index contributed by atoms with van der Waals surface area (Å²) >= 11 is 0. The molecule has 0 saturated carbocycles. The van der Waals surface area contributed by atoms with Crippen LogP contribution in [0.3, 0.4) is 0 Å². The van der Waals surface area contributed by atoms with E-state index in [1.165, 1.54) is 54.8 Å². The van der Waals surface area contributed by atoms with Crippen molar-refractivity contribution >= 4 is 49.6 Å². The van der Waals surface area contributed by atoms with Crippen LogP contribution in [0, 0.1) is 0 Å². The molecule has 1 heterocycles. The minimum atomic E-state index is -0.0274. The van der Waals surface area contributed by atoms with E-state index in [9.17, 15) is 0 Å². The van der Waals surface area contributed by atoms with Gasteiger partial charge in [0.1, 0.15) is 0 Å². The largest absolute Gasteiger partial charge is 0.310 e. The quantitative estimate of drug-likeness (QED) is 0.202. The third-order valence-corrected chi connectivity index (χ3v) is 9.75. The van der Waals surface area contributed by atoms with Gasteiger partial charge in [0.15, 0.2) is 0 Å². The second kappa shape index (κ2) is 9.70. The number of para-hydroxylation sites is 2. The smallest absolute Gasteiger partial charge is 0.0562 e. The van der Waals surface area contributed by atoms with Crippen molar-refractivity contribution in [2.45, 2.75) is 19.3 Å². The Kier molecular flexibility index (Phi) is 5.58. The normalized spacial score (nSPS) is 13.3. The standard InChI is InChI=1S/C43H32N2/c1-43(2)38-20-12-11-19-35(38)37-27-32(23-25-39(37)43)44(30-14-5-3-6-15-30)33-22-24-36-41(28-33)45(31-16-7-4-8-17-31)40-26-21-29-13-9-10-18-34(29)42(36)40/h3-28H,1-2H3. The van der Waals surface area contributed by atoms with Gasteiger partial charge in [-0.15, -0.1) is 0 Å². The molecule has 7 aromatic carbocycles. The summed E-state index contributed by atoms with van der Waals surface area (Å²) in [7, 11) is 0. The van der Waals surface area contributed by atoms with Gasteiger partial charge < -0.3 is 9.47 Å². The Morgan fingerprint density at radius 1 is 0.467 bits per heavy atom. The van der Waals surface area contributed by atoms with E-state index in [0.717, 1.165) is 22.7 Å². The van der Waals surface area contributed by atoms with E-state index in [0.29, 0.717) is 0 Å². The van der Waals surface area contributed by atoms with Gasteiger partial charge in [-0.25, -0.2) is 0 Å². The summed E-state index contributed by atoms with van der Waals surface area (Å²) in [5.74, 6) is 0. The van der Waals surface area contributed by atoms with E-state index in [1.54, 1.807) is 0 Å². The fraction of sp³-hybridized carbons (Fsp3) is 0.0698. The molecule has 8 aromatic rings. The van der Waals surface area contributed by atoms with E-state index in [1.807, 2.05) is 0 Å². The maximum atomic E-state index is 2.42. The highest BCUT2D eigenvalue weighted by molar-refractivity contribution is 6.21. The first-order chi connectivity index (χ1) is 22.1. The van der Waals surface area contributed by atoms with Crippen LogP contribution >= 0.6 is 0 Å². The minimum Gasteiger partial charge on any atom is -0.310 e. The zero-order valence-corrected chi connectivity index (χ0v) is 25.4. The van der Waals surface area contributed by atoms with E-state index >= 15 is 0 Å². The average Bonchev–Trinajstić information content (AvgIpc) is 3.54. The molecule has 1 aromatic heterocycles. The summed E-state index contributed by atoms with van der Waals surface area (Å²) in [5, 5.41) is 5.09. The molecule has 0 amide bonds. The van der Waals surface area contributed by atoms with Gasteiger partial charge in [-0.05, 0) is 87.6 Å². The van der Waals surface area contributed by atoms with Gasteiger partial charge in [0.05, 0.1) is 11.0 Å². The molecule has 2 nitrogen and oxygen atoms in total. The van der Waals surface area contributed by atoms with Crippen LogP contribution in [0.2, 0.25) is 0 Å². The monoisotopic (exact) mass is 576 g/mol. The first kappa shape index (κ1) is 25.9. The molecule has 45 heavy (non-hydrogen) atoms. The second-order valence-electron chi connectivity index (χ2n) is 12.6. The number of benzene rings is 7. The van der Waals surface area contributed by atoms with Gasteiger partial charge in [-0.1, -0.05) is 117 Å². The molecule has 0 atom stereocenters. The van der Waals surface area contributed by atoms with Crippen LogP contribution in [-0.4, -0.2) is 4.57 Å². The molecule has 0 spiro atoms. The molecule has 9 rings (SSSR count). The summed E-state index contributed by atoms with van der Waals surface area (Å²) in [5.41, 5.74) is 12.4. The molecule has 0 N–H and O–H groups in total. The van der Waals surface area contributed by atoms with Gasteiger partial charge in [0, 0.05) is 38.9 Å². The second-order valence-corrected chi connectivity index (χ2v) is 12.6. The van der Waals surface area contributed by atoms with Crippen LogP contribution in [0.5, 0.6) is 0 Å². The summed E-state index contributed by atoms with van der Waals surface area (Å²) < 4.78 is 2.42. The highest BCUT2D eigenvalue weighted by atomic mass is 15.1. The Morgan fingerprint density at radius 2 is 1.13 bits per heavy atom. The maximum Gasteiger partial charge on any atom is 0.0562 e. The molecule has 0 fully saturated rings. The van der Waals surface area contributed by atoms with Crippen molar-refractivity contribution in [3.05, 3.63) is 169 Å². The molecule has 0 unspecified atom stereocenters. The Balaban J connectivity index is 1.32. The summed E-state index contributed by atoms with van der Waals surface area (Å²) in [6.07, 6.45) is 0. The lowest BCUT2D eigenvalue weighted by atomic mass is 9.82. The van der Waals surface area contributed by atoms with E-state index < -0.39 is 0 Å². The number of fused-ring (bicyclic) bond motifs is 8. The van der Waals surface area contributed by atoms with Crippen LogP contribution in [0.15, 0.2) is 158 Å². The lowest BCUT2D eigenvalue weighted by molar-refractivity contribution is 0.660. The molecular formula is C43H32N2. The van der Waals surface area contributed by atoms with Crippen LogP contribution < -0.4 is 4.90 Å². The van der Waals surface area contributed by atoms with Crippen molar-refractivity contribution in [3.8, 4) is 16.8 Å². The van der Waals surface area contributed by atoms with Crippen molar-refractivity contribution < 1.29 is 0 Å². The van der Waals surface area contributed by atoms with Crippen molar-refractivity contribution in [1.82, 2.24) is 4.57 Å². The molecule has 2 heteroatoms. The maximum absolute atomic E-state index is 2.42. The van der Waals surface area contributed by atoms with E-state index in [-0.39, 0.29) is 5.41 Å². The average molecular weight is 577 g/mol. The van der Waals surface area contributed by atoms with Gasteiger partial charge >= 0.3 is 0 Å². The molecule has 1 aliphatic rings. The van der Waals surface area contributed by atoms with Gasteiger partial charge in [0.2, 0.25) is 0 Å². The first-order valence-corrected chi connectivity index (χ1v) is 15.7. The Bertz CT molecular complexity index is 2400. The molecule has 0 radical (unpaired) electrons. The lowest BCUT2D eigenvalue weighted by Crippen LogP contribution is -2.15. The zero-order chi connectivity index (χ0) is 30.1. The third kappa shape index (κ3) is 3.82.